The van der Waals surface area contributed by atoms with Gasteiger partial charge in [-0.2, -0.15) is 0 Å². The molecule has 4 N–H and O–H groups in total. The van der Waals surface area contributed by atoms with E-state index in [4.69, 9.17) is 5.84 Å². The quantitative estimate of drug-likeness (QED) is 0.333. The van der Waals surface area contributed by atoms with Crippen LogP contribution in [0.1, 0.15) is 21.5 Å². The Hall–Kier alpha value is -2.44. The van der Waals surface area contributed by atoms with Crippen LogP contribution in [-0.2, 0) is 4.79 Å². The lowest BCUT2D eigenvalue weighted by Crippen LogP contribution is -2.38. The number of halogens is 1. The average Bonchev–Trinajstić information content (AvgIpc) is 2.56. The molecule has 0 unspecified atom stereocenters. The summed E-state index contributed by atoms with van der Waals surface area (Å²) < 4.78 is 0.920. The van der Waals surface area contributed by atoms with Crippen molar-refractivity contribution in [3.63, 3.8) is 0 Å². The van der Waals surface area contributed by atoms with Crippen LogP contribution in [0.5, 0.6) is 0 Å². The molecule has 2 amide bonds. The largest absolute Gasteiger partial charge is 0.317 e. The van der Waals surface area contributed by atoms with Crippen LogP contribution in [0.15, 0.2) is 58.7 Å². The summed E-state index contributed by atoms with van der Waals surface area (Å²) in [5.74, 6) is 4.23. The van der Waals surface area contributed by atoms with Crippen molar-refractivity contribution in [2.45, 2.75) is 6.92 Å². The van der Waals surface area contributed by atoms with E-state index < -0.39 is 5.91 Å². The van der Waals surface area contributed by atoms with Crippen LogP contribution in [0.25, 0.3) is 6.08 Å². The van der Waals surface area contributed by atoms with Crippen LogP contribution < -0.4 is 16.6 Å². The summed E-state index contributed by atoms with van der Waals surface area (Å²) in [5.41, 5.74) is 4.37. The predicted molar refractivity (Wildman–Crippen MR) is 93.1 cm³/mol. The van der Waals surface area contributed by atoms with Crippen molar-refractivity contribution in [3.8, 4) is 0 Å². The van der Waals surface area contributed by atoms with Crippen molar-refractivity contribution in [1.82, 2.24) is 10.7 Å². The van der Waals surface area contributed by atoms with E-state index in [1.807, 2.05) is 48.7 Å². The van der Waals surface area contributed by atoms with Gasteiger partial charge in [0.2, 0.25) is 0 Å². The summed E-state index contributed by atoms with van der Waals surface area (Å²) in [4.78, 5) is 24.1. The molecule has 2 rings (SSSR count). The summed E-state index contributed by atoms with van der Waals surface area (Å²) in [6, 6.07) is 14.4. The summed E-state index contributed by atoms with van der Waals surface area (Å²) in [6.07, 6.45) is 1.56. The van der Waals surface area contributed by atoms with Crippen molar-refractivity contribution >= 4 is 33.8 Å². The topological polar surface area (TPSA) is 84.2 Å². The van der Waals surface area contributed by atoms with Crippen molar-refractivity contribution in [2.24, 2.45) is 5.84 Å². The van der Waals surface area contributed by atoms with Crippen LogP contribution in [0, 0.1) is 6.92 Å². The summed E-state index contributed by atoms with van der Waals surface area (Å²) in [7, 11) is 0. The number of nitrogens with two attached hydrogens (primary N) is 1. The number of aryl methyl sites for hydroxylation is 1. The number of benzene rings is 2. The third kappa shape index (κ3) is 4.77. The van der Waals surface area contributed by atoms with E-state index in [9.17, 15) is 9.59 Å². The van der Waals surface area contributed by atoms with Crippen molar-refractivity contribution in [3.05, 3.63) is 75.4 Å². The summed E-state index contributed by atoms with van der Waals surface area (Å²) in [6.45, 7) is 1.93. The molecule has 5 nitrogen and oxygen atoms in total. The monoisotopic (exact) mass is 373 g/mol. The SMILES string of the molecule is Cc1ccc(C(=O)N/C(=C/c2ccc(Br)cc2)C(=O)NN)cc1. The molecule has 0 fully saturated rings. The van der Waals surface area contributed by atoms with Gasteiger partial charge in [-0.25, -0.2) is 5.84 Å². The Morgan fingerprint density at radius 2 is 1.65 bits per heavy atom. The van der Waals surface area contributed by atoms with Gasteiger partial charge in [-0.1, -0.05) is 45.8 Å². The van der Waals surface area contributed by atoms with Gasteiger partial charge in [-0.05, 0) is 42.8 Å². The first-order valence-electron chi connectivity index (χ1n) is 6.86. The maximum absolute atomic E-state index is 12.3. The third-order valence-electron chi connectivity index (χ3n) is 3.12. The summed E-state index contributed by atoms with van der Waals surface area (Å²) >= 11 is 3.34. The van der Waals surface area contributed by atoms with E-state index in [1.165, 1.54) is 0 Å². The van der Waals surface area contributed by atoms with Crippen molar-refractivity contribution < 1.29 is 9.59 Å². The normalized spacial score (nSPS) is 11.0. The first kappa shape index (κ1) is 16.9. The van der Waals surface area contributed by atoms with E-state index >= 15 is 0 Å². The fraction of sp³-hybridized carbons (Fsp3) is 0.0588. The highest BCUT2D eigenvalue weighted by atomic mass is 79.9. The lowest BCUT2D eigenvalue weighted by atomic mass is 10.1. The highest BCUT2D eigenvalue weighted by molar-refractivity contribution is 9.10. The molecular weight excluding hydrogens is 358 g/mol. The van der Waals surface area contributed by atoms with E-state index in [1.54, 1.807) is 18.2 Å². The second-order valence-corrected chi connectivity index (χ2v) is 5.82. The van der Waals surface area contributed by atoms with Gasteiger partial charge in [-0.15, -0.1) is 0 Å². The minimum absolute atomic E-state index is 0.0698. The molecule has 0 aliphatic rings. The number of rotatable bonds is 4. The first-order chi connectivity index (χ1) is 11.0. The molecular formula is C17H16BrN3O2. The van der Waals surface area contributed by atoms with E-state index in [0.29, 0.717) is 5.56 Å². The average molecular weight is 374 g/mol. The van der Waals surface area contributed by atoms with Gasteiger partial charge in [0, 0.05) is 10.0 Å². The lowest BCUT2D eigenvalue weighted by Gasteiger charge is -2.09. The molecule has 23 heavy (non-hydrogen) atoms. The molecule has 6 heteroatoms. The number of hydrogen-bond acceptors (Lipinski definition) is 3. The molecule has 0 atom stereocenters. The Balaban J connectivity index is 2.25. The minimum atomic E-state index is -0.576. The number of nitrogens with one attached hydrogen (secondary N) is 2. The lowest BCUT2D eigenvalue weighted by molar-refractivity contribution is -0.117. The van der Waals surface area contributed by atoms with Gasteiger partial charge in [0.05, 0.1) is 0 Å². The zero-order valence-corrected chi connectivity index (χ0v) is 14.1. The molecule has 0 heterocycles. The van der Waals surface area contributed by atoms with Crippen LogP contribution >= 0.6 is 15.9 Å². The van der Waals surface area contributed by atoms with Crippen LogP contribution in [0.4, 0.5) is 0 Å². The van der Waals surface area contributed by atoms with Gasteiger partial charge < -0.3 is 5.32 Å². The Morgan fingerprint density at radius 3 is 2.22 bits per heavy atom. The zero-order valence-electron chi connectivity index (χ0n) is 12.5. The highest BCUT2D eigenvalue weighted by Gasteiger charge is 2.13. The number of hydrogen-bond donors (Lipinski definition) is 3. The fourth-order valence-corrected chi connectivity index (χ4v) is 2.13. The van der Waals surface area contributed by atoms with Gasteiger partial charge >= 0.3 is 0 Å². The maximum Gasteiger partial charge on any atom is 0.281 e. The minimum Gasteiger partial charge on any atom is -0.317 e. The van der Waals surface area contributed by atoms with Gasteiger partial charge in [0.15, 0.2) is 0 Å². The van der Waals surface area contributed by atoms with Gasteiger partial charge in [0.25, 0.3) is 11.8 Å². The predicted octanol–water partition coefficient (Wildman–Crippen LogP) is 2.52. The van der Waals surface area contributed by atoms with Crippen LogP contribution in [0.2, 0.25) is 0 Å². The molecule has 2 aromatic rings. The second-order valence-electron chi connectivity index (χ2n) is 4.90. The van der Waals surface area contributed by atoms with Crippen molar-refractivity contribution in [2.75, 3.05) is 0 Å². The second kappa shape index (κ2) is 7.71. The molecule has 0 saturated carbocycles. The van der Waals surface area contributed by atoms with Gasteiger partial charge in [-0.3, -0.25) is 15.0 Å². The fourth-order valence-electron chi connectivity index (χ4n) is 1.86. The number of amides is 2. The first-order valence-corrected chi connectivity index (χ1v) is 7.65. The Morgan fingerprint density at radius 1 is 1.04 bits per heavy atom. The molecule has 118 valence electrons. The smallest absolute Gasteiger partial charge is 0.281 e. The molecule has 0 bridgehead atoms. The maximum atomic E-state index is 12.3. The van der Waals surface area contributed by atoms with Crippen LogP contribution in [0.3, 0.4) is 0 Å². The molecule has 0 aromatic heterocycles. The Labute approximate surface area is 142 Å². The number of carbonyl (C=O) groups excluding carboxylic acids is 2. The standard InChI is InChI=1S/C17H16BrN3O2/c1-11-2-6-13(7-3-11)16(22)20-15(17(23)21-19)10-12-4-8-14(18)9-5-12/h2-10H,19H2,1H3,(H,20,22)(H,21,23)/b15-10+. The molecule has 0 saturated heterocycles. The Kier molecular flexibility index (Phi) is 5.67. The zero-order chi connectivity index (χ0) is 16.8. The van der Waals surface area contributed by atoms with E-state index in [-0.39, 0.29) is 11.6 Å². The molecule has 0 aliphatic carbocycles. The number of carbonyl (C=O) groups is 2. The van der Waals surface area contributed by atoms with Crippen molar-refractivity contribution in [1.29, 1.82) is 0 Å². The summed E-state index contributed by atoms with van der Waals surface area (Å²) in [5, 5.41) is 2.58. The Bertz CT molecular complexity index is 737. The number of hydrazine groups is 1. The van der Waals surface area contributed by atoms with Gasteiger partial charge in [0.1, 0.15) is 5.70 Å². The highest BCUT2D eigenvalue weighted by Crippen LogP contribution is 2.13. The molecule has 0 spiro atoms. The molecule has 2 aromatic carbocycles. The molecule has 0 radical (unpaired) electrons. The van der Waals surface area contributed by atoms with E-state index in [2.05, 4.69) is 21.2 Å². The molecule has 0 aliphatic heterocycles. The van der Waals surface area contributed by atoms with Crippen LogP contribution in [-0.4, -0.2) is 11.8 Å². The third-order valence-corrected chi connectivity index (χ3v) is 3.65. The van der Waals surface area contributed by atoms with E-state index in [0.717, 1.165) is 15.6 Å².